The second kappa shape index (κ2) is 7.21. The molecule has 1 amide bonds. The molecule has 0 aromatic carbocycles. The minimum atomic E-state index is -0.959. The molecule has 1 aromatic heterocycles. The molecule has 0 aliphatic carbocycles. The summed E-state index contributed by atoms with van der Waals surface area (Å²) in [5, 5.41) is 18.1. The molecular formula is C14H23N3O4. The highest BCUT2D eigenvalue weighted by molar-refractivity contribution is 5.91. The molecule has 1 atom stereocenters. The van der Waals surface area contributed by atoms with Crippen LogP contribution in [0.1, 0.15) is 46.2 Å². The zero-order chi connectivity index (χ0) is 16.0. The summed E-state index contributed by atoms with van der Waals surface area (Å²) in [5.41, 5.74) is 0.570. The van der Waals surface area contributed by atoms with E-state index in [-0.39, 0.29) is 23.8 Å². The van der Waals surface area contributed by atoms with Gasteiger partial charge in [-0.15, -0.1) is 0 Å². The fourth-order valence-electron chi connectivity index (χ4n) is 1.69. The van der Waals surface area contributed by atoms with Crippen molar-refractivity contribution in [3.05, 3.63) is 11.8 Å². The molecule has 3 N–H and O–H groups in total. The van der Waals surface area contributed by atoms with Crippen LogP contribution in [0.3, 0.4) is 0 Å². The van der Waals surface area contributed by atoms with E-state index in [0.29, 0.717) is 6.42 Å². The van der Waals surface area contributed by atoms with Crippen LogP contribution in [0.2, 0.25) is 0 Å². The highest BCUT2D eigenvalue weighted by Crippen LogP contribution is 2.23. The molecular weight excluding hydrogens is 274 g/mol. The van der Waals surface area contributed by atoms with Gasteiger partial charge in [-0.25, -0.2) is 0 Å². The van der Waals surface area contributed by atoms with E-state index in [0.717, 1.165) is 12.1 Å². The quantitative estimate of drug-likeness (QED) is 0.708. The number of carboxylic acid groups (broad SMARTS) is 1. The van der Waals surface area contributed by atoms with Gasteiger partial charge in [0.1, 0.15) is 6.04 Å². The first-order valence-corrected chi connectivity index (χ1v) is 6.97. The van der Waals surface area contributed by atoms with Gasteiger partial charge < -0.3 is 9.63 Å². The molecule has 0 radical (unpaired) electrons. The first-order valence-electron chi connectivity index (χ1n) is 6.97. The summed E-state index contributed by atoms with van der Waals surface area (Å²) in [4.78, 5) is 22.7. The van der Waals surface area contributed by atoms with Gasteiger partial charge in [-0.3, -0.25) is 20.2 Å². The van der Waals surface area contributed by atoms with Gasteiger partial charge in [-0.2, -0.15) is 0 Å². The van der Waals surface area contributed by atoms with Crippen LogP contribution in [0.5, 0.6) is 0 Å². The molecule has 1 rings (SSSR count). The van der Waals surface area contributed by atoms with Gasteiger partial charge in [-0.05, 0) is 6.42 Å². The van der Waals surface area contributed by atoms with Crippen molar-refractivity contribution >= 4 is 17.8 Å². The van der Waals surface area contributed by atoms with Gasteiger partial charge in [0.25, 0.3) is 0 Å². The summed E-state index contributed by atoms with van der Waals surface area (Å²) >= 11 is 0. The van der Waals surface area contributed by atoms with Crippen molar-refractivity contribution in [1.29, 1.82) is 0 Å². The molecule has 118 valence electrons. The van der Waals surface area contributed by atoms with Crippen LogP contribution in [0.25, 0.3) is 0 Å². The van der Waals surface area contributed by atoms with E-state index in [1.54, 1.807) is 6.07 Å². The van der Waals surface area contributed by atoms with Crippen molar-refractivity contribution in [2.75, 3.05) is 11.9 Å². The Morgan fingerprint density at radius 2 is 2.10 bits per heavy atom. The fourth-order valence-corrected chi connectivity index (χ4v) is 1.69. The average Bonchev–Trinajstić information content (AvgIpc) is 2.82. The summed E-state index contributed by atoms with van der Waals surface area (Å²) in [7, 11) is 0. The van der Waals surface area contributed by atoms with E-state index < -0.39 is 12.0 Å². The number of nitrogens with zero attached hydrogens (tertiary/aromatic N) is 1. The minimum absolute atomic E-state index is 0.0947. The van der Waals surface area contributed by atoms with E-state index >= 15 is 0 Å². The summed E-state index contributed by atoms with van der Waals surface area (Å²) in [6, 6.07) is 0.944. The Balaban J connectivity index is 2.50. The molecule has 0 aliphatic heterocycles. The number of nitrogens with one attached hydrogen (secondary N) is 2. The largest absolute Gasteiger partial charge is 0.480 e. The Bertz CT molecular complexity index is 491. The third kappa shape index (κ3) is 5.55. The van der Waals surface area contributed by atoms with Gasteiger partial charge in [0, 0.05) is 11.5 Å². The SMILES string of the molecule is CCCC(NCC(=O)Nc1cc(C(C)(C)C)no1)C(=O)O. The first-order chi connectivity index (χ1) is 9.74. The Morgan fingerprint density at radius 3 is 2.57 bits per heavy atom. The maximum Gasteiger partial charge on any atom is 0.320 e. The van der Waals surface area contributed by atoms with Gasteiger partial charge in [0.2, 0.25) is 11.8 Å². The lowest BCUT2D eigenvalue weighted by atomic mass is 9.92. The van der Waals surface area contributed by atoms with Crippen molar-refractivity contribution in [1.82, 2.24) is 10.5 Å². The maximum atomic E-state index is 11.7. The molecule has 0 saturated carbocycles. The summed E-state index contributed by atoms with van der Waals surface area (Å²) in [6.07, 6.45) is 1.20. The Kier molecular flexibility index (Phi) is 5.90. The van der Waals surface area contributed by atoms with Gasteiger partial charge >= 0.3 is 5.97 Å². The van der Waals surface area contributed by atoms with Crippen LogP contribution in [0, 0.1) is 0 Å². The molecule has 7 nitrogen and oxygen atoms in total. The maximum absolute atomic E-state index is 11.7. The number of hydrogen-bond donors (Lipinski definition) is 3. The van der Waals surface area contributed by atoms with Crippen molar-refractivity contribution in [2.24, 2.45) is 0 Å². The van der Waals surface area contributed by atoms with Crippen LogP contribution in [-0.4, -0.2) is 34.7 Å². The number of aliphatic carboxylic acids is 1. The highest BCUT2D eigenvalue weighted by atomic mass is 16.5. The number of rotatable bonds is 7. The van der Waals surface area contributed by atoms with Gasteiger partial charge in [-0.1, -0.05) is 39.3 Å². The van der Waals surface area contributed by atoms with E-state index in [1.807, 2.05) is 27.7 Å². The van der Waals surface area contributed by atoms with Crippen LogP contribution >= 0.6 is 0 Å². The second-order valence-electron chi connectivity index (χ2n) is 5.93. The lowest BCUT2D eigenvalue weighted by Gasteiger charge is -2.13. The molecule has 0 bridgehead atoms. The van der Waals surface area contributed by atoms with Crippen molar-refractivity contribution < 1.29 is 19.2 Å². The number of amides is 1. The minimum Gasteiger partial charge on any atom is -0.480 e. The summed E-state index contributed by atoms with van der Waals surface area (Å²) in [6.45, 7) is 7.75. The predicted molar refractivity (Wildman–Crippen MR) is 78.2 cm³/mol. The molecule has 1 aromatic rings. The molecule has 0 fully saturated rings. The van der Waals surface area contributed by atoms with Crippen molar-refractivity contribution in [3.8, 4) is 0 Å². The van der Waals surface area contributed by atoms with Crippen LogP contribution in [0.4, 0.5) is 5.88 Å². The van der Waals surface area contributed by atoms with E-state index in [9.17, 15) is 9.59 Å². The van der Waals surface area contributed by atoms with Crippen molar-refractivity contribution in [3.63, 3.8) is 0 Å². The zero-order valence-corrected chi connectivity index (χ0v) is 12.9. The number of carbonyl (C=O) groups excluding carboxylic acids is 1. The third-order valence-corrected chi connectivity index (χ3v) is 2.93. The lowest BCUT2D eigenvalue weighted by molar-refractivity contribution is -0.139. The predicted octanol–water partition coefficient (Wildman–Crippen LogP) is 1.75. The molecule has 1 unspecified atom stereocenters. The highest BCUT2D eigenvalue weighted by Gasteiger charge is 2.20. The molecule has 0 saturated heterocycles. The summed E-state index contributed by atoms with van der Waals surface area (Å²) < 4.78 is 5.04. The Morgan fingerprint density at radius 1 is 1.43 bits per heavy atom. The van der Waals surface area contributed by atoms with E-state index in [2.05, 4.69) is 15.8 Å². The lowest BCUT2D eigenvalue weighted by Crippen LogP contribution is -2.41. The number of carboxylic acids is 1. The standard InChI is InChI=1S/C14H23N3O4/c1-5-6-9(13(19)20)15-8-11(18)16-12-7-10(17-21-12)14(2,3)4/h7,9,15H,5-6,8H2,1-4H3,(H,16,18)(H,19,20). The average molecular weight is 297 g/mol. The van der Waals surface area contributed by atoms with Crippen LogP contribution < -0.4 is 10.6 Å². The topological polar surface area (TPSA) is 104 Å². The number of hydrogen-bond acceptors (Lipinski definition) is 5. The first kappa shape index (κ1) is 17.2. The molecule has 1 heterocycles. The van der Waals surface area contributed by atoms with Crippen LogP contribution in [-0.2, 0) is 15.0 Å². The van der Waals surface area contributed by atoms with E-state index in [1.165, 1.54) is 0 Å². The summed E-state index contributed by atoms with van der Waals surface area (Å²) in [5.74, 6) is -1.07. The molecule has 0 spiro atoms. The van der Waals surface area contributed by atoms with Gasteiger partial charge in [0.05, 0.1) is 12.2 Å². The van der Waals surface area contributed by atoms with Crippen molar-refractivity contribution in [2.45, 2.75) is 52.0 Å². The molecule has 7 heteroatoms. The Hall–Kier alpha value is -1.89. The third-order valence-electron chi connectivity index (χ3n) is 2.93. The van der Waals surface area contributed by atoms with E-state index in [4.69, 9.17) is 9.63 Å². The molecule has 0 aliphatic rings. The van der Waals surface area contributed by atoms with Gasteiger partial charge in [0.15, 0.2) is 0 Å². The Labute approximate surface area is 124 Å². The zero-order valence-electron chi connectivity index (χ0n) is 12.9. The monoisotopic (exact) mass is 297 g/mol. The van der Waals surface area contributed by atoms with Crippen LogP contribution in [0.15, 0.2) is 10.6 Å². The second-order valence-corrected chi connectivity index (χ2v) is 5.93. The normalized spacial score (nSPS) is 13.0. The molecule has 21 heavy (non-hydrogen) atoms. The number of aromatic nitrogens is 1. The number of carbonyl (C=O) groups is 2. The smallest absolute Gasteiger partial charge is 0.320 e. The number of anilines is 1. The fraction of sp³-hybridized carbons (Fsp3) is 0.643.